The van der Waals surface area contributed by atoms with E-state index < -0.39 is 22.2 Å². The molecule has 0 saturated carbocycles. The van der Waals surface area contributed by atoms with Gasteiger partial charge in [-0.15, -0.1) is 0 Å². The van der Waals surface area contributed by atoms with Crippen LogP contribution in [0, 0.1) is 11.8 Å². The summed E-state index contributed by atoms with van der Waals surface area (Å²) in [5, 5.41) is 13.8. The molecule has 2 saturated heterocycles. The smallest absolute Gasteiger partial charge is 0.407 e. The van der Waals surface area contributed by atoms with Crippen LogP contribution in [0.1, 0.15) is 37.8 Å². The molecule has 4 atom stereocenters. The minimum absolute atomic E-state index is 0.0336. The molecular weight excluding hydrogens is 562 g/mol. The van der Waals surface area contributed by atoms with E-state index in [1.165, 1.54) is 4.31 Å². The second-order valence-electron chi connectivity index (χ2n) is 11.3. The van der Waals surface area contributed by atoms with Crippen molar-refractivity contribution in [3.8, 4) is 0 Å². The monoisotopic (exact) mass is 601 g/mol. The molecule has 1 aromatic heterocycles. The summed E-state index contributed by atoms with van der Waals surface area (Å²) in [6.07, 6.45) is 1.12. The fourth-order valence-corrected chi connectivity index (χ4v) is 7.06. The van der Waals surface area contributed by atoms with Crippen molar-refractivity contribution in [1.82, 2.24) is 5.32 Å². The van der Waals surface area contributed by atoms with Gasteiger partial charge >= 0.3 is 6.09 Å². The van der Waals surface area contributed by atoms with Crippen LogP contribution in [0.15, 0.2) is 58.0 Å². The van der Waals surface area contributed by atoms with Gasteiger partial charge in [0, 0.05) is 30.6 Å². The minimum atomic E-state index is -3.90. The molecule has 3 heterocycles. The number of fused-ring (bicyclic) bond motifs is 2. The predicted octanol–water partition coefficient (Wildman–Crippen LogP) is 3.52. The Morgan fingerprint density at radius 3 is 2.83 bits per heavy atom. The normalized spacial score (nSPS) is 21.0. The van der Waals surface area contributed by atoms with Gasteiger partial charge in [-0.3, -0.25) is 4.31 Å². The largest absolute Gasteiger partial charge is 0.464 e. The average Bonchev–Trinajstić information content (AvgIpc) is 3.70. The van der Waals surface area contributed by atoms with Gasteiger partial charge in [-0.2, -0.15) is 0 Å². The maximum Gasteiger partial charge on any atom is 0.407 e. The van der Waals surface area contributed by atoms with Gasteiger partial charge in [0.15, 0.2) is 6.29 Å². The van der Waals surface area contributed by atoms with Crippen molar-refractivity contribution in [2.24, 2.45) is 17.6 Å². The highest BCUT2D eigenvalue weighted by atomic mass is 32.2. The van der Waals surface area contributed by atoms with Gasteiger partial charge in [0.1, 0.15) is 11.7 Å². The highest BCUT2D eigenvalue weighted by Gasteiger charge is 2.43. The number of ether oxygens (including phenoxy) is 3. The standard InChI is InChI=1S/C30H39N3O8S/c1-19(2)16-33(42(36,37)24-8-9-27-26(13-24)21(14-31)17-39-27)22-5-3-4-20(12-22)6-7-23(34)15-32-30(35)41-28-18-40-29-25(28)10-11-38-29/h3-5,8-9,12-13,17,19,23,25,28-29,34H,6-7,10-11,14-16,18,31H2,1-2H3,(H,32,35). The van der Waals surface area contributed by atoms with Gasteiger partial charge in [-0.1, -0.05) is 26.0 Å². The fourth-order valence-electron chi connectivity index (χ4n) is 5.41. The van der Waals surface area contributed by atoms with E-state index in [4.69, 9.17) is 24.4 Å². The number of amides is 1. The first-order chi connectivity index (χ1) is 20.2. The topological polar surface area (TPSA) is 154 Å². The van der Waals surface area contributed by atoms with E-state index in [1.54, 1.807) is 30.5 Å². The van der Waals surface area contributed by atoms with Crippen LogP contribution in [0.3, 0.4) is 0 Å². The summed E-state index contributed by atoms with van der Waals surface area (Å²) in [7, 11) is -3.90. The molecule has 1 amide bonds. The summed E-state index contributed by atoms with van der Waals surface area (Å²) in [6.45, 7) is 5.38. The molecule has 5 rings (SSSR count). The lowest BCUT2D eigenvalue weighted by atomic mass is 10.0. The number of hydrogen-bond acceptors (Lipinski definition) is 9. The number of aliphatic hydroxyl groups is 1. The average molecular weight is 602 g/mol. The van der Waals surface area contributed by atoms with Gasteiger partial charge < -0.3 is 34.8 Å². The third-order valence-corrected chi connectivity index (χ3v) is 9.44. The van der Waals surface area contributed by atoms with Crippen molar-refractivity contribution in [3.63, 3.8) is 0 Å². The molecule has 2 aromatic carbocycles. The summed E-state index contributed by atoms with van der Waals surface area (Å²) in [6, 6.07) is 12.1. The Balaban J connectivity index is 1.22. The molecule has 12 heteroatoms. The summed E-state index contributed by atoms with van der Waals surface area (Å²) in [4.78, 5) is 12.4. The molecule has 11 nitrogen and oxygen atoms in total. The van der Waals surface area contributed by atoms with E-state index in [0.717, 1.165) is 17.5 Å². The van der Waals surface area contributed by atoms with Crippen LogP contribution in [-0.4, -0.2) is 64.4 Å². The van der Waals surface area contributed by atoms with E-state index >= 15 is 0 Å². The van der Waals surface area contributed by atoms with Crippen LogP contribution in [0.2, 0.25) is 0 Å². The number of rotatable bonds is 12. The molecule has 0 spiro atoms. The van der Waals surface area contributed by atoms with Gasteiger partial charge in [0.25, 0.3) is 10.0 Å². The van der Waals surface area contributed by atoms with Crippen molar-refractivity contribution < 1.29 is 36.9 Å². The first-order valence-electron chi connectivity index (χ1n) is 14.3. The van der Waals surface area contributed by atoms with Crippen molar-refractivity contribution >= 4 is 32.8 Å². The van der Waals surface area contributed by atoms with Crippen LogP contribution in [0.4, 0.5) is 10.5 Å². The Bertz CT molecular complexity index is 1490. The molecule has 0 radical (unpaired) electrons. The zero-order chi connectivity index (χ0) is 29.9. The maximum atomic E-state index is 13.9. The van der Waals surface area contributed by atoms with Crippen LogP contribution in [0.5, 0.6) is 0 Å². The van der Waals surface area contributed by atoms with E-state index in [0.29, 0.717) is 42.7 Å². The second kappa shape index (κ2) is 13.0. The Morgan fingerprint density at radius 2 is 2.05 bits per heavy atom. The summed E-state index contributed by atoms with van der Waals surface area (Å²) < 4.78 is 51.1. The van der Waals surface area contributed by atoms with Crippen LogP contribution >= 0.6 is 0 Å². The number of nitrogens with two attached hydrogens (primary N) is 1. The number of aryl methyl sites for hydroxylation is 1. The Hall–Kier alpha value is -3.16. The first kappa shape index (κ1) is 30.3. The van der Waals surface area contributed by atoms with Crippen LogP contribution in [0.25, 0.3) is 11.0 Å². The number of sulfonamides is 1. The Labute approximate surface area is 245 Å². The number of carbonyl (C=O) groups is 1. The van der Waals surface area contributed by atoms with E-state index in [1.807, 2.05) is 32.0 Å². The van der Waals surface area contributed by atoms with Gasteiger partial charge in [0.05, 0.1) is 42.1 Å². The number of nitrogens with zero attached hydrogens (tertiary/aromatic N) is 1. The number of nitrogens with one attached hydrogen (secondary N) is 1. The molecule has 4 unspecified atom stereocenters. The molecular formula is C30H39N3O8S. The van der Waals surface area contributed by atoms with Gasteiger partial charge in [0.2, 0.25) is 0 Å². The lowest BCUT2D eigenvalue weighted by Crippen LogP contribution is -2.37. The maximum absolute atomic E-state index is 13.9. The Kier molecular flexibility index (Phi) is 9.38. The first-order valence-corrected chi connectivity index (χ1v) is 15.8. The molecule has 0 aliphatic carbocycles. The van der Waals surface area contributed by atoms with Crippen molar-refractivity contribution in [3.05, 3.63) is 59.9 Å². The molecule has 42 heavy (non-hydrogen) atoms. The second-order valence-corrected chi connectivity index (χ2v) is 13.1. The molecule has 2 fully saturated rings. The van der Waals surface area contributed by atoms with Gasteiger partial charge in [-0.05, 0) is 61.1 Å². The third kappa shape index (κ3) is 6.73. The number of carbonyl (C=O) groups excluding carboxylic acids is 1. The minimum Gasteiger partial charge on any atom is -0.464 e. The van der Waals surface area contributed by atoms with Crippen LogP contribution < -0.4 is 15.4 Å². The number of benzene rings is 2. The van der Waals surface area contributed by atoms with Crippen molar-refractivity contribution in [2.45, 2.75) is 63.0 Å². The molecule has 4 N–H and O–H groups in total. The zero-order valence-corrected chi connectivity index (χ0v) is 24.7. The SMILES string of the molecule is CC(C)CN(c1cccc(CCC(O)CNC(=O)OC2COC3OCCC23)c1)S(=O)(=O)c1ccc2occ(CN)c2c1. The van der Waals surface area contributed by atoms with E-state index in [-0.39, 0.29) is 48.8 Å². The lowest BCUT2D eigenvalue weighted by Gasteiger charge is -2.27. The molecule has 2 aliphatic rings. The van der Waals surface area contributed by atoms with E-state index in [9.17, 15) is 18.3 Å². The van der Waals surface area contributed by atoms with Crippen molar-refractivity contribution in [2.75, 3.05) is 30.6 Å². The fraction of sp³-hybridized carbons (Fsp3) is 0.500. The summed E-state index contributed by atoms with van der Waals surface area (Å²) in [5.41, 5.74) is 8.54. The Morgan fingerprint density at radius 1 is 1.21 bits per heavy atom. The highest BCUT2D eigenvalue weighted by molar-refractivity contribution is 7.92. The zero-order valence-electron chi connectivity index (χ0n) is 23.9. The third-order valence-electron chi connectivity index (χ3n) is 7.65. The van der Waals surface area contributed by atoms with Crippen molar-refractivity contribution in [1.29, 1.82) is 0 Å². The van der Waals surface area contributed by atoms with Gasteiger partial charge in [-0.25, -0.2) is 13.2 Å². The quantitative estimate of drug-likeness (QED) is 0.283. The van der Waals surface area contributed by atoms with Crippen LogP contribution in [-0.2, 0) is 37.2 Å². The number of furan rings is 1. The number of anilines is 1. The van der Waals surface area contributed by atoms with E-state index in [2.05, 4.69) is 5.32 Å². The molecule has 3 aromatic rings. The summed E-state index contributed by atoms with van der Waals surface area (Å²) >= 11 is 0. The summed E-state index contributed by atoms with van der Waals surface area (Å²) in [5.74, 6) is 0.111. The predicted molar refractivity (Wildman–Crippen MR) is 156 cm³/mol. The molecule has 2 aliphatic heterocycles. The number of hydrogen-bond donors (Lipinski definition) is 3. The number of aliphatic hydroxyl groups excluding tert-OH is 1. The number of alkyl carbamates (subject to hydrolysis) is 1. The highest BCUT2D eigenvalue weighted by Crippen LogP contribution is 2.33. The molecule has 0 bridgehead atoms. The molecule has 228 valence electrons. The lowest BCUT2D eigenvalue weighted by molar-refractivity contribution is -0.0907.